The Labute approximate surface area is 604 Å². The van der Waals surface area contributed by atoms with Crippen LogP contribution in [0.4, 0.5) is 0 Å². The molecule has 0 bridgehead atoms. The van der Waals surface area contributed by atoms with Crippen molar-refractivity contribution in [3.8, 4) is 0 Å². The van der Waals surface area contributed by atoms with Crippen LogP contribution < -0.4 is 16.0 Å². The third-order valence-electron chi connectivity index (χ3n) is 23.0. The van der Waals surface area contributed by atoms with E-state index in [0.29, 0.717) is 70.9 Å². The molecule has 3 heterocycles. The van der Waals surface area contributed by atoms with E-state index in [-0.39, 0.29) is 56.4 Å². The third-order valence-corrected chi connectivity index (χ3v) is 24.1. The lowest BCUT2D eigenvalue weighted by Gasteiger charge is -2.43. The van der Waals surface area contributed by atoms with Crippen molar-refractivity contribution in [2.45, 2.75) is 279 Å². The summed E-state index contributed by atoms with van der Waals surface area (Å²) in [4.78, 5) is 191. The van der Waals surface area contributed by atoms with Crippen LogP contribution in [0.3, 0.4) is 0 Å². The zero-order valence-electron chi connectivity index (χ0n) is 62.3. The van der Waals surface area contributed by atoms with E-state index in [1.807, 2.05) is 27.7 Å². The minimum atomic E-state index is -1.49. The maximum absolute atomic E-state index is 15.8. The van der Waals surface area contributed by atoms with Gasteiger partial charge in [-0.3, -0.25) is 57.5 Å². The van der Waals surface area contributed by atoms with Crippen molar-refractivity contribution >= 4 is 94.1 Å². The zero-order valence-corrected chi connectivity index (χ0v) is 63.8. The molecule has 100 heavy (non-hydrogen) atoms. The molecule has 0 aromatic carbocycles. The van der Waals surface area contributed by atoms with Gasteiger partial charge in [0.15, 0.2) is 0 Å². The first-order chi connectivity index (χ1) is 47.2. The highest BCUT2D eigenvalue weighted by atomic mass is 35.5. The van der Waals surface area contributed by atoms with Gasteiger partial charge in [0.2, 0.25) is 70.9 Å². The number of carbonyl (C=O) groups is 12. The number of ether oxygens (including phenoxy) is 1. The normalized spacial score (nSPS) is 30.8. The molecular formula is C73H120Cl2N12O13. The number of likely N-dealkylation sites (N-methyl/N-ethyl adjacent to an activating group) is 7. The van der Waals surface area contributed by atoms with Gasteiger partial charge in [0.1, 0.15) is 47.8 Å². The van der Waals surface area contributed by atoms with Crippen LogP contribution >= 0.6 is 23.2 Å². The summed E-state index contributed by atoms with van der Waals surface area (Å²) in [6, 6.07) is -8.14. The molecule has 4 aliphatic carbocycles. The van der Waals surface area contributed by atoms with Gasteiger partial charge in [-0.2, -0.15) is 0 Å². The smallest absolute Gasteiger partial charge is 0.248 e. The van der Waals surface area contributed by atoms with Crippen molar-refractivity contribution in [1.29, 1.82) is 0 Å². The van der Waals surface area contributed by atoms with E-state index >= 15 is 19.2 Å². The molecule has 4 unspecified atom stereocenters. The second-order valence-corrected chi connectivity index (χ2v) is 32.6. The quantitative estimate of drug-likeness (QED) is 0.222. The fourth-order valence-electron chi connectivity index (χ4n) is 16.4. The second-order valence-electron chi connectivity index (χ2n) is 31.5. The molecule has 564 valence electrons. The SMILES string of the molecule is CC[C@H](C)[C@@H]1NC(=O)[C@H](C)N(C)C(=O)C[C@@H](C(=O)N2CCCCC2)N(C)C(=O)[C@H](C2CCCCC2)N(C)C(=O)C2(CCCC2)NC(=O)[C@@H]2CCCN2C(=O)[C@H](CCC2CC(Cl)C(Cl)C(OC(C)(C)C)C2)NC(=O)CN(C)C(=O)[C@H](CC2CCCCC2)N(C)C(=O)CN(C)C(=O)CN(C)C1=O. The van der Waals surface area contributed by atoms with Crippen LogP contribution in [0.25, 0.3) is 0 Å². The molecule has 7 aliphatic rings. The number of nitrogens with one attached hydrogen (secondary N) is 3. The second kappa shape index (κ2) is 36.6. The lowest BCUT2D eigenvalue weighted by molar-refractivity contribution is -0.157. The Kier molecular flexibility index (Phi) is 29.8. The van der Waals surface area contributed by atoms with Crippen molar-refractivity contribution in [2.75, 3.05) is 88.6 Å². The van der Waals surface area contributed by atoms with Crippen LogP contribution in [-0.2, 0) is 62.3 Å². The van der Waals surface area contributed by atoms with Gasteiger partial charge in [0, 0.05) is 69.0 Å². The Morgan fingerprint density at radius 3 is 1.82 bits per heavy atom. The Balaban J connectivity index is 1.26. The number of halogens is 2. The first-order valence-corrected chi connectivity index (χ1v) is 38.3. The van der Waals surface area contributed by atoms with E-state index in [1.165, 1.54) is 88.4 Å². The first kappa shape index (κ1) is 81.5. The number of amides is 12. The van der Waals surface area contributed by atoms with Gasteiger partial charge in [0.25, 0.3) is 0 Å². The average Bonchev–Trinajstić information content (AvgIpc) is 1.20. The van der Waals surface area contributed by atoms with E-state index in [0.717, 1.165) is 70.6 Å². The highest BCUT2D eigenvalue weighted by molar-refractivity contribution is 6.30. The predicted molar refractivity (Wildman–Crippen MR) is 381 cm³/mol. The summed E-state index contributed by atoms with van der Waals surface area (Å²) in [7, 11) is 10.3. The van der Waals surface area contributed by atoms with Gasteiger partial charge >= 0.3 is 0 Å². The number of alkyl halides is 2. The van der Waals surface area contributed by atoms with Crippen molar-refractivity contribution in [3.63, 3.8) is 0 Å². The van der Waals surface area contributed by atoms with Crippen LogP contribution in [0.15, 0.2) is 0 Å². The summed E-state index contributed by atoms with van der Waals surface area (Å²) in [6.07, 6.45) is 14.3. The average molecular weight is 1440 g/mol. The van der Waals surface area contributed by atoms with Gasteiger partial charge in [-0.1, -0.05) is 84.5 Å². The van der Waals surface area contributed by atoms with Gasteiger partial charge in [0.05, 0.1) is 48.5 Å². The lowest BCUT2D eigenvalue weighted by Crippen LogP contribution is -2.65. The highest BCUT2D eigenvalue weighted by Crippen LogP contribution is 2.40. The molecule has 1 spiro atoms. The summed E-state index contributed by atoms with van der Waals surface area (Å²) < 4.78 is 6.41. The number of hydrogen-bond acceptors (Lipinski definition) is 13. The monoisotopic (exact) mass is 1440 g/mol. The van der Waals surface area contributed by atoms with Crippen LogP contribution in [0.2, 0.25) is 0 Å². The van der Waals surface area contributed by atoms with Crippen molar-refractivity contribution < 1.29 is 62.3 Å². The molecule has 0 radical (unpaired) electrons. The van der Waals surface area contributed by atoms with Crippen molar-refractivity contribution in [3.05, 3.63) is 0 Å². The molecule has 12 atom stereocenters. The molecular weight excluding hydrogens is 1320 g/mol. The molecule has 3 saturated heterocycles. The van der Waals surface area contributed by atoms with Gasteiger partial charge < -0.3 is 64.8 Å². The van der Waals surface area contributed by atoms with Crippen LogP contribution in [-0.4, -0.2) is 274 Å². The summed E-state index contributed by atoms with van der Waals surface area (Å²) in [5.41, 5.74) is -2.02. The van der Waals surface area contributed by atoms with E-state index in [9.17, 15) is 38.4 Å². The zero-order chi connectivity index (χ0) is 73.7. The summed E-state index contributed by atoms with van der Waals surface area (Å²) in [5.74, 6) is -7.68. The summed E-state index contributed by atoms with van der Waals surface area (Å²) in [6.45, 7) is 10.4. The molecule has 25 nitrogen and oxygen atoms in total. The molecule has 7 rings (SSSR count). The molecule has 3 aliphatic heterocycles. The van der Waals surface area contributed by atoms with Crippen molar-refractivity contribution in [1.82, 2.24) is 60.0 Å². The molecule has 27 heteroatoms. The Morgan fingerprint density at radius 2 is 1.20 bits per heavy atom. The van der Waals surface area contributed by atoms with E-state index in [2.05, 4.69) is 16.0 Å². The van der Waals surface area contributed by atoms with Crippen LogP contribution in [0, 0.1) is 23.7 Å². The number of piperidine rings is 1. The largest absolute Gasteiger partial charge is 0.371 e. The maximum Gasteiger partial charge on any atom is 0.248 e. The molecule has 0 aromatic rings. The maximum atomic E-state index is 15.8. The van der Waals surface area contributed by atoms with E-state index in [1.54, 1.807) is 18.9 Å². The molecule has 4 saturated carbocycles. The lowest BCUT2D eigenvalue weighted by atomic mass is 9.81. The van der Waals surface area contributed by atoms with Gasteiger partial charge in [-0.15, -0.1) is 23.2 Å². The topological polar surface area (TPSA) is 279 Å². The number of nitrogens with zero attached hydrogens (tertiary/aromatic N) is 9. The van der Waals surface area contributed by atoms with E-state index < -0.39 is 173 Å². The Hall–Kier alpha value is -5.82. The first-order valence-electron chi connectivity index (χ1n) is 37.4. The minimum absolute atomic E-state index is 0.0786. The number of rotatable bonds is 10. The number of likely N-dealkylation sites (tertiary alicyclic amines) is 1. The van der Waals surface area contributed by atoms with Crippen LogP contribution in [0.1, 0.15) is 208 Å². The van der Waals surface area contributed by atoms with Crippen molar-refractivity contribution in [2.24, 2.45) is 23.7 Å². The Bertz CT molecular complexity index is 2890. The number of fused-ring (bicyclic) bond motifs is 1. The van der Waals surface area contributed by atoms with Crippen LogP contribution in [0.5, 0.6) is 0 Å². The third kappa shape index (κ3) is 20.8. The van der Waals surface area contributed by atoms with E-state index in [4.69, 9.17) is 27.9 Å². The van der Waals surface area contributed by atoms with Gasteiger partial charge in [-0.05, 0) is 141 Å². The Morgan fingerprint density at radius 1 is 0.600 bits per heavy atom. The molecule has 3 N–H and O–H groups in total. The fourth-order valence-corrected chi connectivity index (χ4v) is 17.1. The molecule has 12 amide bonds. The summed E-state index contributed by atoms with van der Waals surface area (Å²) >= 11 is 13.8. The molecule has 7 fully saturated rings. The van der Waals surface area contributed by atoms with Gasteiger partial charge in [-0.25, -0.2) is 0 Å². The minimum Gasteiger partial charge on any atom is -0.371 e. The predicted octanol–water partition coefficient (Wildman–Crippen LogP) is 5.68. The summed E-state index contributed by atoms with van der Waals surface area (Å²) in [5, 5.41) is 8.06. The fraction of sp³-hybridized carbons (Fsp3) is 0.836. The number of hydrogen-bond donors (Lipinski definition) is 3. The molecule has 0 aromatic heterocycles. The standard InChI is InChI=1S/C73H120Cl2N12O13/c1-14-46(2)62-69(97)81(9)44-59(90)79(7)45-60(91)83(11)54(40-48-27-18-15-19-28-48)67(95)80(8)43-57(88)76-52(33-32-49-39-51(74)61(75)56(41-49)100-72(4,5)6)66(94)87-38-26-31-53(87)65(93)78-73(34-22-23-35-73)71(99)85(13)63(50-29-20-16-21-30-50)70(98)84(12)55(68(96)86-36-24-17-25-37-86)42-58(89)82(10)47(3)64(92)77-62/h46-56,61-63H,14-45H2,1-13H3,(H,76,88)(H,77,92)(H,78,93)/t46-,47-,49?,51?,52-,53-,54-,55-,56?,61?,62-,63-/m0/s1. The number of carbonyl (C=O) groups excluding carboxylic acids is 12. The highest BCUT2D eigenvalue weighted by Gasteiger charge is 2.52.